The number of rotatable bonds is 6. The van der Waals surface area contributed by atoms with Crippen molar-refractivity contribution in [3.63, 3.8) is 0 Å². The Morgan fingerprint density at radius 2 is 0.977 bits per heavy atom. The summed E-state index contributed by atoms with van der Waals surface area (Å²) in [5.74, 6) is 0. The topological polar surface area (TPSA) is 8.17 Å². The first-order valence-corrected chi connectivity index (χ1v) is 15.9. The maximum atomic E-state index is 2.40. The van der Waals surface area contributed by atoms with Gasteiger partial charge < -0.3 is 9.47 Å². The predicted octanol–water partition coefficient (Wildman–Crippen LogP) is 11.5. The number of hydrogen-bond acceptors (Lipinski definition) is 1. The molecule has 0 spiro atoms. The van der Waals surface area contributed by atoms with Crippen molar-refractivity contribution >= 4 is 38.9 Å². The van der Waals surface area contributed by atoms with Gasteiger partial charge in [-0.05, 0) is 84.6 Å². The average molecular weight is 569 g/mol. The fraction of sp³-hybridized carbons (Fsp3) is 0.143. The number of aromatic nitrogens is 1. The lowest BCUT2D eigenvalue weighted by atomic mass is 9.65. The smallest absolute Gasteiger partial charge is 0.0542 e. The minimum absolute atomic E-state index is 0.0911. The van der Waals surface area contributed by atoms with Crippen LogP contribution in [0.1, 0.15) is 43.2 Å². The van der Waals surface area contributed by atoms with Gasteiger partial charge in [-0.3, -0.25) is 0 Å². The van der Waals surface area contributed by atoms with E-state index in [0.29, 0.717) is 0 Å². The molecule has 0 amide bonds. The van der Waals surface area contributed by atoms with Gasteiger partial charge in [-0.25, -0.2) is 0 Å². The SMILES string of the molecule is c1ccc(N(c2ccc(C3(c4ccccc4)CCCCC3)cc2)c2ccc3c(c2)c2ccccc2n3-c2ccccc2)cc1. The van der Waals surface area contributed by atoms with Gasteiger partial charge in [0, 0.05) is 38.9 Å². The summed E-state index contributed by atoms with van der Waals surface area (Å²) >= 11 is 0. The molecule has 1 aliphatic carbocycles. The van der Waals surface area contributed by atoms with Crippen molar-refractivity contribution in [3.05, 3.63) is 169 Å². The third-order valence-electron chi connectivity index (χ3n) is 9.65. The Morgan fingerprint density at radius 1 is 0.432 bits per heavy atom. The molecule has 0 unspecified atom stereocenters. The molecule has 6 aromatic carbocycles. The molecule has 2 nitrogen and oxygen atoms in total. The average Bonchev–Trinajstić information content (AvgIpc) is 3.44. The Hall–Kier alpha value is -5.08. The van der Waals surface area contributed by atoms with E-state index in [1.165, 1.54) is 76.4 Å². The Labute approximate surface area is 259 Å². The molecule has 1 saturated carbocycles. The van der Waals surface area contributed by atoms with Gasteiger partial charge in [0.1, 0.15) is 0 Å². The molecule has 0 radical (unpaired) electrons. The van der Waals surface area contributed by atoms with Crippen molar-refractivity contribution in [2.24, 2.45) is 0 Å². The number of nitrogens with zero attached hydrogens (tertiary/aromatic N) is 2. The third-order valence-corrected chi connectivity index (χ3v) is 9.65. The summed E-state index contributed by atoms with van der Waals surface area (Å²) in [7, 11) is 0. The molecule has 214 valence electrons. The largest absolute Gasteiger partial charge is 0.310 e. The Balaban J connectivity index is 1.27. The minimum Gasteiger partial charge on any atom is -0.310 e. The highest BCUT2D eigenvalue weighted by Gasteiger charge is 2.35. The van der Waals surface area contributed by atoms with Gasteiger partial charge in [-0.15, -0.1) is 0 Å². The molecule has 1 aliphatic rings. The van der Waals surface area contributed by atoms with Crippen molar-refractivity contribution in [1.82, 2.24) is 4.57 Å². The summed E-state index contributed by atoms with van der Waals surface area (Å²) in [6.45, 7) is 0. The van der Waals surface area contributed by atoms with Crippen molar-refractivity contribution in [3.8, 4) is 5.69 Å². The van der Waals surface area contributed by atoms with Crippen LogP contribution in [-0.2, 0) is 5.41 Å². The highest BCUT2D eigenvalue weighted by molar-refractivity contribution is 6.10. The number of hydrogen-bond donors (Lipinski definition) is 0. The standard InChI is InChI=1S/C42H36N2/c1-5-15-32(16-6-1)42(29-13-4-14-30-42)33-23-25-36(26-24-33)43(34-17-7-2-8-18-34)37-27-28-41-39(31-37)38-21-11-12-22-40(38)44(41)35-19-9-3-10-20-35/h1-3,5-12,15-28,31H,4,13-14,29-30H2. The van der Waals surface area contributed by atoms with Crippen LogP contribution in [0.2, 0.25) is 0 Å². The van der Waals surface area contributed by atoms with Crippen LogP contribution in [-0.4, -0.2) is 4.57 Å². The van der Waals surface area contributed by atoms with Gasteiger partial charge in [-0.1, -0.05) is 116 Å². The third kappa shape index (κ3) is 4.50. The molecular weight excluding hydrogens is 532 g/mol. The van der Waals surface area contributed by atoms with Gasteiger partial charge in [0.25, 0.3) is 0 Å². The van der Waals surface area contributed by atoms with Crippen molar-refractivity contribution in [2.75, 3.05) is 4.90 Å². The fourth-order valence-corrected chi connectivity index (χ4v) is 7.57. The molecule has 8 rings (SSSR count). The first kappa shape index (κ1) is 26.5. The lowest BCUT2D eigenvalue weighted by molar-refractivity contribution is 0.346. The van der Waals surface area contributed by atoms with Crippen LogP contribution in [0.25, 0.3) is 27.5 Å². The Kier molecular flexibility index (Phi) is 6.76. The zero-order valence-electron chi connectivity index (χ0n) is 24.9. The highest BCUT2D eigenvalue weighted by atomic mass is 15.1. The molecule has 0 atom stereocenters. The monoisotopic (exact) mass is 568 g/mol. The van der Waals surface area contributed by atoms with Gasteiger partial charge >= 0.3 is 0 Å². The van der Waals surface area contributed by atoms with E-state index >= 15 is 0 Å². The van der Waals surface area contributed by atoms with Gasteiger partial charge in [-0.2, -0.15) is 0 Å². The first-order chi connectivity index (χ1) is 21.8. The summed E-state index contributed by atoms with van der Waals surface area (Å²) in [6, 6.07) is 57.7. The van der Waals surface area contributed by atoms with Crippen LogP contribution in [0.5, 0.6) is 0 Å². The van der Waals surface area contributed by atoms with Gasteiger partial charge in [0.2, 0.25) is 0 Å². The predicted molar refractivity (Wildman–Crippen MR) is 186 cm³/mol. The van der Waals surface area contributed by atoms with Crippen molar-refractivity contribution in [2.45, 2.75) is 37.5 Å². The van der Waals surface area contributed by atoms with E-state index in [0.717, 1.165) is 11.4 Å². The van der Waals surface area contributed by atoms with Crippen LogP contribution in [0, 0.1) is 0 Å². The Bertz CT molecular complexity index is 2020. The van der Waals surface area contributed by atoms with Crippen LogP contribution in [0.4, 0.5) is 17.1 Å². The highest BCUT2D eigenvalue weighted by Crippen LogP contribution is 2.46. The molecule has 0 N–H and O–H groups in total. The molecule has 0 aliphatic heterocycles. The first-order valence-electron chi connectivity index (χ1n) is 15.9. The number of anilines is 3. The molecule has 1 heterocycles. The molecule has 0 saturated heterocycles. The minimum atomic E-state index is 0.0911. The summed E-state index contributed by atoms with van der Waals surface area (Å²) in [5.41, 5.74) is 10.1. The fourth-order valence-electron chi connectivity index (χ4n) is 7.57. The quantitative estimate of drug-likeness (QED) is 0.194. The van der Waals surface area contributed by atoms with E-state index in [1.807, 2.05) is 0 Å². The molecule has 1 fully saturated rings. The second-order valence-corrected chi connectivity index (χ2v) is 12.1. The lowest BCUT2D eigenvalue weighted by Gasteiger charge is -2.39. The zero-order valence-corrected chi connectivity index (χ0v) is 24.9. The Morgan fingerprint density at radius 3 is 1.70 bits per heavy atom. The molecule has 7 aromatic rings. The van der Waals surface area contributed by atoms with Crippen LogP contribution >= 0.6 is 0 Å². The second kappa shape index (κ2) is 11.2. The van der Waals surface area contributed by atoms with Crippen molar-refractivity contribution in [1.29, 1.82) is 0 Å². The van der Waals surface area contributed by atoms with E-state index in [9.17, 15) is 0 Å². The van der Waals surface area contributed by atoms with Crippen LogP contribution in [0.3, 0.4) is 0 Å². The van der Waals surface area contributed by atoms with E-state index in [1.54, 1.807) is 0 Å². The van der Waals surface area contributed by atoms with E-state index < -0.39 is 0 Å². The van der Waals surface area contributed by atoms with Crippen LogP contribution in [0.15, 0.2) is 158 Å². The number of para-hydroxylation sites is 3. The van der Waals surface area contributed by atoms with Gasteiger partial charge in [0.05, 0.1) is 11.0 Å². The lowest BCUT2D eigenvalue weighted by Crippen LogP contribution is -2.30. The number of fused-ring (bicyclic) bond motifs is 3. The summed E-state index contributed by atoms with van der Waals surface area (Å²) in [6.07, 6.45) is 6.31. The molecule has 1 aromatic heterocycles. The molecule has 2 heteroatoms. The summed E-state index contributed by atoms with van der Waals surface area (Å²) in [4.78, 5) is 2.40. The van der Waals surface area contributed by atoms with Crippen molar-refractivity contribution < 1.29 is 0 Å². The normalized spacial score (nSPS) is 14.5. The number of benzene rings is 6. The van der Waals surface area contributed by atoms with E-state index in [-0.39, 0.29) is 5.41 Å². The molecule has 0 bridgehead atoms. The van der Waals surface area contributed by atoms with Crippen LogP contribution < -0.4 is 4.90 Å². The summed E-state index contributed by atoms with van der Waals surface area (Å²) in [5, 5.41) is 2.52. The molecular formula is C42H36N2. The van der Waals surface area contributed by atoms with E-state index in [2.05, 4.69) is 167 Å². The van der Waals surface area contributed by atoms with E-state index in [4.69, 9.17) is 0 Å². The molecule has 44 heavy (non-hydrogen) atoms. The van der Waals surface area contributed by atoms with Gasteiger partial charge in [0.15, 0.2) is 0 Å². The maximum Gasteiger partial charge on any atom is 0.0542 e. The second-order valence-electron chi connectivity index (χ2n) is 12.1. The maximum absolute atomic E-state index is 2.40. The zero-order chi connectivity index (χ0) is 29.3. The summed E-state index contributed by atoms with van der Waals surface area (Å²) < 4.78 is 2.38.